The molecule has 118 valence electrons. The highest BCUT2D eigenvalue weighted by Gasteiger charge is 2.26. The minimum atomic E-state index is -3.57. The van der Waals surface area contributed by atoms with Crippen LogP contribution in [0.3, 0.4) is 0 Å². The highest BCUT2D eigenvalue weighted by molar-refractivity contribution is 7.89. The summed E-state index contributed by atoms with van der Waals surface area (Å²) >= 11 is 5.94. The lowest BCUT2D eigenvalue weighted by Crippen LogP contribution is -2.37. The summed E-state index contributed by atoms with van der Waals surface area (Å²) in [4.78, 5) is 0.185. The predicted octanol–water partition coefficient (Wildman–Crippen LogP) is 3.48. The van der Waals surface area contributed by atoms with Crippen LogP contribution in [-0.2, 0) is 10.0 Å². The summed E-state index contributed by atoms with van der Waals surface area (Å²) in [5, 5.41) is 0.341. The Kier molecular flexibility index (Phi) is 5.17. The van der Waals surface area contributed by atoms with Gasteiger partial charge in [0.05, 0.1) is 4.90 Å². The molecule has 1 aliphatic carbocycles. The van der Waals surface area contributed by atoms with Gasteiger partial charge >= 0.3 is 0 Å². The average molecular weight is 331 g/mol. The van der Waals surface area contributed by atoms with Gasteiger partial charge in [-0.3, -0.25) is 0 Å². The van der Waals surface area contributed by atoms with Crippen molar-refractivity contribution in [2.24, 2.45) is 5.92 Å². The Bertz CT molecular complexity index is 608. The lowest BCUT2D eigenvalue weighted by molar-refractivity contribution is 0.306. The van der Waals surface area contributed by atoms with Crippen LogP contribution in [0.4, 0.5) is 5.69 Å². The Hall–Kier alpha value is -0.780. The number of hydrogen-bond acceptors (Lipinski definition) is 3. The second kappa shape index (κ2) is 6.55. The van der Waals surface area contributed by atoms with Crippen molar-refractivity contribution < 1.29 is 8.42 Å². The molecule has 0 spiro atoms. The van der Waals surface area contributed by atoms with Crippen LogP contribution >= 0.6 is 11.6 Å². The number of nitrogen functional groups attached to an aromatic ring is 1. The van der Waals surface area contributed by atoms with Crippen molar-refractivity contribution in [3.63, 3.8) is 0 Å². The minimum Gasteiger partial charge on any atom is -0.398 e. The first-order valence-corrected chi connectivity index (χ1v) is 9.27. The van der Waals surface area contributed by atoms with Crippen molar-refractivity contribution in [3.8, 4) is 0 Å². The second-order valence-corrected chi connectivity index (χ2v) is 7.98. The summed E-state index contributed by atoms with van der Waals surface area (Å²) in [6.07, 6.45) is 5.13. The normalized spacial score (nSPS) is 23.2. The second-order valence-electron chi connectivity index (χ2n) is 5.87. The van der Waals surface area contributed by atoms with Gasteiger partial charge in [-0.2, -0.15) is 0 Å². The summed E-state index contributed by atoms with van der Waals surface area (Å²) < 4.78 is 27.9. The third-order valence-corrected chi connectivity index (χ3v) is 6.27. The van der Waals surface area contributed by atoms with E-state index >= 15 is 0 Å². The van der Waals surface area contributed by atoms with Gasteiger partial charge in [0.25, 0.3) is 0 Å². The van der Waals surface area contributed by atoms with E-state index in [-0.39, 0.29) is 10.9 Å². The molecule has 21 heavy (non-hydrogen) atoms. The molecule has 0 bridgehead atoms. The van der Waals surface area contributed by atoms with Crippen LogP contribution in [0.2, 0.25) is 5.02 Å². The maximum absolute atomic E-state index is 12.6. The van der Waals surface area contributed by atoms with E-state index in [0.717, 1.165) is 31.6 Å². The third kappa shape index (κ3) is 3.90. The summed E-state index contributed by atoms with van der Waals surface area (Å²) in [5.74, 6) is 0.731. The van der Waals surface area contributed by atoms with E-state index < -0.39 is 10.0 Å². The van der Waals surface area contributed by atoms with Crippen molar-refractivity contribution in [1.82, 2.24) is 4.72 Å². The fraction of sp³-hybridized carbons (Fsp3) is 0.600. The van der Waals surface area contributed by atoms with Gasteiger partial charge in [-0.05, 0) is 56.2 Å². The van der Waals surface area contributed by atoms with E-state index in [9.17, 15) is 8.42 Å². The topological polar surface area (TPSA) is 72.2 Å². The number of rotatable bonds is 4. The van der Waals surface area contributed by atoms with E-state index in [1.807, 2.05) is 0 Å². The summed E-state index contributed by atoms with van der Waals surface area (Å²) in [7, 11) is -3.57. The zero-order valence-electron chi connectivity index (χ0n) is 12.5. The Balaban J connectivity index is 2.16. The average Bonchev–Trinajstić information content (AvgIpc) is 2.43. The first kappa shape index (κ1) is 16.6. The minimum absolute atomic E-state index is 0.0115. The molecular formula is C15H23ClN2O2S. The molecule has 0 aliphatic heterocycles. The molecule has 0 unspecified atom stereocenters. The van der Waals surface area contributed by atoms with Crippen molar-refractivity contribution in [1.29, 1.82) is 0 Å². The van der Waals surface area contributed by atoms with Crippen LogP contribution in [0.5, 0.6) is 0 Å². The van der Waals surface area contributed by atoms with Crippen LogP contribution in [0.15, 0.2) is 17.0 Å². The maximum atomic E-state index is 12.6. The molecule has 1 saturated carbocycles. The number of halogens is 1. The number of nitrogens with two attached hydrogens (primary N) is 1. The largest absolute Gasteiger partial charge is 0.398 e. The molecule has 1 aliphatic rings. The van der Waals surface area contributed by atoms with Gasteiger partial charge < -0.3 is 5.73 Å². The highest BCUT2D eigenvalue weighted by atomic mass is 35.5. The van der Waals surface area contributed by atoms with E-state index in [0.29, 0.717) is 16.3 Å². The molecule has 3 N–H and O–H groups in total. The Morgan fingerprint density at radius 2 is 1.90 bits per heavy atom. The molecular weight excluding hydrogens is 308 g/mol. The highest BCUT2D eigenvalue weighted by Crippen LogP contribution is 2.29. The molecule has 1 fully saturated rings. The van der Waals surface area contributed by atoms with Gasteiger partial charge in [-0.1, -0.05) is 24.9 Å². The van der Waals surface area contributed by atoms with E-state index in [1.54, 1.807) is 13.0 Å². The molecule has 4 nitrogen and oxygen atoms in total. The fourth-order valence-corrected chi connectivity index (χ4v) is 4.82. The van der Waals surface area contributed by atoms with Crippen LogP contribution in [-0.4, -0.2) is 14.5 Å². The molecule has 0 aromatic heterocycles. The van der Waals surface area contributed by atoms with Gasteiger partial charge in [0.15, 0.2) is 0 Å². The zero-order valence-corrected chi connectivity index (χ0v) is 14.1. The Morgan fingerprint density at radius 3 is 2.48 bits per heavy atom. The van der Waals surface area contributed by atoms with Crippen molar-refractivity contribution in [3.05, 3.63) is 22.7 Å². The first-order valence-electron chi connectivity index (χ1n) is 7.41. The molecule has 6 heteroatoms. The number of nitrogens with one attached hydrogen (secondary N) is 1. The SMILES string of the molecule is CCC1CCC(NS(=O)(=O)c2cc(Cl)cc(N)c2C)CC1. The van der Waals surface area contributed by atoms with E-state index in [4.69, 9.17) is 17.3 Å². The van der Waals surface area contributed by atoms with Crippen molar-refractivity contribution in [2.75, 3.05) is 5.73 Å². The number of anilines is 1. The van der Waals surface area contributed by atoms with Crippen LogP contribution in [0.1, 0.15) is 44.6 Å². The van der Waals surface area contributed by atoms with Crippen LogP contribution in [0, 0.1) is 12.8 Å². The number of hydrogen-bond donors (Lipinski definition) is 2. The van der Waals surface area contributed by atoms with Crippen molar-refractivity contribution >= 4 is 27.3 Å². The number of benzene rings is 1. The lowest BCUT2D eigenvalue weighted by Gasteiger charge is -2.28. The Labute approximate surface area is 132 Å². The fourth-order valence-electron chi connectivity index (χ4n) is 2.92. The van der Waals surface area contributed by atoms with Gasteiger partial charge in [-0.25, -0.2) is 13.1 Å². The Morgan fingerprint density at radius 1 is 1.29 bits per heavy atom. The smallest absolute Gasteiger partial charge is 0.241 e. The zero-order chi connectivity index (χ0) is 15.6. The standard InChI is InChI=1S/C15H23ClN2O2S/c1-3-11-4-6-13(7-5-11)18-21(19,20)15-9-12(16)8-14(17)10(15)2/h8-9,11,13,18H,3-7,17H2,1-2H3. The molecule has 0 amide bonds. The molecule has 0 heterocycles. The van der Waals surface area contributed by atoms with E-state index in [1.165, 1.54) is 12.5 Å². The molecule has 2 rings (SSSR count). The lowest BCUT2D eigenvalue weighted by atomic mass is 9.85. The van der Waals surface area contributed by atoms with Crippen LogP contribution in [0.25, 0.3) is 0 Å². The molecule has 0 saturated heterocycles. The van der Waals surface area contributed by atoms with Crippen LogP contribution < -0.4 is 10.5 Å². The quantitative estimate of drug-likeness (QED) is 0.830. The molecule has 0 atom stereocenters. The summed E-state index contributed by atoms with van der Waals surface area (Å²) in [5.41, 5.74) is 6.76. The predicted molar refractivity (Wildman–Crippen MR) is 87.0 cm³/mol. The summed E-state index contributed by atoms with van der Waals surface area (Å²) in [6, 6.07) is 3.05. The first-order chi connectivity index (χ1) is 9.83. The third-order valence-electron chi connectivity index (χ3n) is 4.40. The van der Waals surface area contributed by atoms with Gasteiger partial charge in [0.2, 0.25) is 10.0 Å². The molecule has 0 radical (unpaired) electrons. The molecule has 1 aromatic carbocycles. The van der Waals surface area contributed by atoms with Gasteiger partial charge in [0.1, 0.15) is 0 Å². The van der Waals surface area contributed by atoms with Gasteiger partial charge in [0, 0.05) is 16.8 Å². The molecule has 1 aromatic rings. The van der Waals surface area contributed by atoms with Gasteiger partial charge in [-0.15, -0.1) is 0 Å². The maximum Gasteiger partial charge on any atom is 0.241 e. The monoisotopic (exact) mass is 330 g/mol. The van der Waals surface area contributed by atoms with Crippen molar-refractivity contribution in [2.45, 2.75) is 56.9 Å². The number of sulfonamides is 1. The van der Waals surface area contributed by atoms with E-state index in [2.05, 4.69) is 11.6 Å². The summed E-state index contributed by atoms with van der Waals surface area (Å²) in [6.45, 7) is 3.89.